The molecule has 9 nitrogen and oxygen atoms in total. The molecule has 1 aromatic carbocycles. The number of methoxy groups -OCH3 is 1. The van der Waals surface area contributed by atoms with Gasteiger partial charge in [0, 0.05) is 12.6 Å². The number of aromatic nitrogens is 2. The Bertz CT molecular complexity index is 896. The van der Waals surface area contributed by atoms with Gasteiger partial charge in [0.15, 0.2) is 4.34 Å². The van der Waals surface area contributed by atoms with Crippen LogP contribution < -0.4 is 9.62 Å². The lowest BCUT2D eigenvalue weighted by Crippen LogP contribution is -2.24. The molecular formula is C14H16N4O5S3. The van der Waals surface area contributed by atoms with E-state index in [0.717, 1.165) is 33.7 Å². The molecule has 0 aliphatic heterocycles. The minimum absolute atomic E-state index is 0.106. The third-order valence-corrected chi connectivity index (χ3v) is 6.31. The SMILES string of the molecule is COC(=O)CSc1nnc(NC(=O)c2ccc(N(C)S(C)(=O)=O)cc2)s1. The van der Waals surface area contributed by atoms with E-state index in [0.29, 0.717) is 20.7 Å². The van der Waals surface area contributed by atoms with Crippen molar-refractivity contribution in [3.8, 4) is 0 Å². The fourth-order valence-electron chi connectivity index (χ4n) is 1.68. The van der Waals surface area contributed by atoms with Crippen molar-refractivity contribution in [3.05, 3.63) is 29.8 Å². The van der Waals surface area contributed by atoms with Crippen LogP contribution in [0.5, 0.6) is 0 Å². The topological polar surface area (TPSA) is 119 Å². The van der Waals surface area contributed by atoms with Crippen molar-refractivity contribution in [2.45, 2.75) is 4.34 Å². The second kappa shape index (κ2) is 8.47. The van der Waals surface area contributed by atoms with E-state index in [4.69, 9.17) is 0 Å². The van der Waals surface area contributed by atoms with Gasteiger partial charge in [-0.3, -0.25) is 19.2 Å². The summed E-state index contributed by atoms with van der Waals surface area (Å²) in [5.74, 6) is -0.678. The van der Waals surface area contributed by atoms with E-state index in [-0.39, 0.29) is 11.7 Å². The Balaban J connectivity index is 2.00. The highest BCUT2D eigenvalue weighted by Crippen LogP contribution is 2.26. The molecule has 12 heteroatoms. The largest absolute Gasteiger partial charge is 0.468 e. The molecule has 1 amide bonds. The number of anilines is 2. The summed E-state index contributed by atoms with van der Waals surface area (Å²) in [6.45, 7) is 0. The van der Waals surface area contributed by atoms with Gasteiger partial charge in [-0.25, -0.2) is 8.42 Å². The Morgan fingerprint density at radius 3 is 2.50 bits per heavy atom. The smallest absolute Gasteiger partial charge is 0.316 e. The molecule has 0 atom stereocenters. The number of hydrogen-bond donors (Lipinski definition) is 1. The molecule has 0 fully saturated rings. The average Bonchev–Trinajstić information content (AvgIpc) is 3.05. The first-order valence-electron chi connectivity index (χ1n) is 7.09. The molecule has 0 unspecified atom stereocenters. The zero-order valence-corrected chi connectivity index (χ0v) is 16.6. The van der Waals surface area contributed by atoms with Gasteiger partial charge in [0.05, 0.1) is 24.8 Å². The molecule has 1 heterocycles. The molecule has 2 rings (SSSR count). The van der Waals surface area contributed by atoms with Crippen LogP contribution in [-0.4, -0.2) is 56.7 Å². The fourth-order valence-corrected chi connectivity index (χ4v) is 3.77. The molecule has 1 aromatic heterocycles. The number of sulfonamides is 1. The summed E-state index contributed by atoms with van der Waals surface area (Å²) in [6.07, 6.45) is 1.10. The molecular weight excluding hydrogens is 400 g/mol. The number of esters is 1. The lowest BCUT2D eigenvalue weighted by atomic mass is 10.2. The van der Waals surface area contributed by atoms with E-state index in [9.17, 15) is 18.0 Å². The molecule has 26 heavy (non-hydrogen) atoms. The number of nitrogens with one attached hydrogen (secondary N) is 1. The van der Waals surface area contributed by atoms with Gasteiger partial charge in [-0.2, -0.15) is 0 Å². The Kier molecular flexibility index (Phi) is 6.56. The molecule has 140 valence electrons. The Labute approximate surface area is 158 Å². The third kappa shape index (κ3) is 5.41. The Morgan fingerprint density at radius 1 is 1.27 bits per heavy atom. The summed E-state index contributed by atoms with van der Waals surface area (Å²) in [5, 5.41) is 10.6. The molecule has 0 saturated carbocycles. The van der Waals surface area contributed by atoms with Crippen LogP contribution in [0.25, 0.3) is 0 Å². The first-order chi connectivity index (χ1) is 12.2. The zero-order chi connectivity index (χ0) is 19.3. The third-order valence-electron chi connectivity index (χ3n) is 3.16. The van der Waals surface area contributed by atoms with Gasteiger partial charge in [-0.1, -0.05) is 23.1 Å². The van der Waals surface area contributed by atoms with Crippen molar-refractivity contribution in [2.24, 2.45) is 0 Å². The number of nitrogens with zero attached hydrogens (tertiary/aromatic N) is 3. The monoisotopic (exact) mass is 416 g/mol. The van der Waals surface area contributed by atoms with Crippen molar-refractivity contribution in [1.82, 2.24) is 10.2 Å². The number of carbonyl (C=O) groups excluding carboxylic acids is 2. The van der Waals surface area contributed by atoms with Gasteiger partial charge in [0.25, 0.3) is 5.91 Å². The summed E-state index contributed by atoms with van der Waals surface area (Å²) < 4.78 is 29.2. The Morgan fingerprint density at radius 2 is 1.92 bits per heavy atom. The molecule has 2 aromatic rings. The van der Waals surface area contributed by atoms with Gasteiger partial charge in [0.2, 0.25) is 15.2 Å². The van der Waals surface area contributed by atoms with Crippen molar-refractivity contribution in [1.29, 1.82) is 0 Å². The van der Waals surface area contributed by atoms with Crippen LogP contribution >= 0.6 is 23.1 Å². The van der Waals surface area contributed by atoms with E-state index in [1.54, 1.807) is 0 Å². The van der Waals surface area contributed by atoms with E-state index in [1.165, 1.54) is 38.4 Å². The van der Waals surface area contributed by atoms with Crippen molar-refractivity contribution in [2.75, 3.05) is 35.8 Å². The zero-order valence-electron chi connectivity index (χ0n) is 14.1. The molecule has 0 saturated heterocycles. The van der Waals surface area contributed by atoms with Gasteiger partial charge in [0.1, 0.15) is 0 Å². The summed E-state index contributed by atoms with van der Waals surface area (Å²) >= 11 is 2.29. The number of thioether (sulfide) groups is 1. The standard InChI is InChI=1S/C14H16N4O5S3/c1-18(26(3,21)22)10-6-4-9(5-7-10)12(20)15-13-16-17-14(25-13)24-8-11(19)23-2/h4-7H,8H2,1-3H3,(H,15,16,20). The lowest BCUT2D eigenvalue weighted by Gasteiger charge is -2.16. The first kappa shape index (κ1) is 20.1. The summed E-state index contributed by atoms with van der Waals surface area (Å²) in [4.78, 5) is 23.3. The van der Waals surface area contributed by atoms with Crippen LogP contribution in [0.1, 0.15) is 10.4 Å². The summed E-state index contributed by atoms with van der Waals surface area (Å²) in [7, 11) is -0.639. The Hall–Kier alpha value is -2.18. The highest BCUT2D eigenvalue weighted by atomic mass is 32.2. The van der Waals surface area contributed by atoms with Crippen LogP contribution in [0.3, 0.4) is 0 Å². The van der Waals surface area contributed by atoms with Crippen LogP contribution in [-0.2, 0) is 19.6 Å². The maximum Gasteiger partial charge on any atom is 0.316 e. The molecule has 0 spiro atoms. The van der Waals surface area contributed by atoms with E-state index in [2.05, 4.69) is 20.3 Å². The van der Waals surface area contributed by atoms with Crippen LogP contribution in [0.2, 0.25) is 0 Å². The molecule has 0 bridgehead atoms. The van der Waals surface area contributed by atoms with Gasteiger partial charge < -0.3 is 4.74 Å². The first-order valence-corrected chi connectivity index (χ1v) is 10.7. The van der Waals surface area contributed by atoms with Crippen LogP contribution in [0.15, 0.2) is 28.6 Å². The molecule has 0 aliphatic carbocycles. The van der Waals surface area contributed by atoms with Crippen molar-refractivity contribution < 1.29 is 22.7 Å². The van der Waals surface area contributed by atoms with Crippen LogP contribution in [0.4, 0.5) is 10.8 Å². The second-order valence-corrected chi connectivity index (χ2v) is 9.18. The van der Waals surface area contributed by atoms with Crippen molar-refractivity contribution in [3.63, 3.8) is 0 Å². The molecule has 0 radical (unpaired) electrons. The van der Waals surface area contributed by atoms with E-state index < -0.39 is 15.9 Å². The minimum atomic E-state index is -3.37. The van der Waals surface area contributed by atoms with Gasteiger partial charge >= 0.3 is 5.97 Å². The number of benzene rings is 1. The predicted molar refractivity (Wildman–Crippen MR) is 100 cm³/mol. The quantitative estimate of drug-likeness (QED) is 0.409. The summed E-state index contributed by atoms with van der Waals surface area (Å²) in [5.41, 5.74) is 0.788. The number of hydrogen-bond acceptors (Lipinski definition) is 9. The van der Waals surface area contributed by atoms with E-state index in [1.807, 2.05) is 0 Å². The maximum absolute atomic E-state index is 12.2. The fraction of sp³-hybridized carbons (Fsp3) is 0.286. The average molecular weight is 417 g/mol. The highest BCUT2D eigenvalue weighted by molar-refractivity contribution is 8.01. The molecule has 0 aliphatic rings. The molecule has 1 N–H and O–H groups in total. The van der Waals surface area contributed by atoms with E-state index >= 15 is 0 Å². The normalized spacial score (nSPS) is 11.0. The number of amides is 1. The van der Waals surface area contributed by atoms with Gasteiger partial charge in [-0.15, -0.1) is 10.2 Å². The second-order valence-electron chi connectivity index (χ2n) is 4.97. The maximum atomic E-state index is 12.2. The number of carbonyl (C=O) groups is 2. The highest BCUT2D eigenvalue weighted by Gasteiger charge is 2.14. The predicted octanol–water partition coefficient (Wildman–Crippen LogP) is 1.45. The van der Waals surface area contributed by atoms with Crippen LogP contribution in [0, 0.1) is 0 Å². The van der Waals surface area contributed by atoms with Crippen molar-refractivity contribution >= 4 is 55.8 Å². The van der Waals surface area contributed by atoms with Gasteiger partial charge in [-0.05, 0) is 24.3 Å². The minimum Gasteiger partial charge on any atom is -0.468 e. The number of rotatable bonds is 7. The lowest BCUT2D eigenvalue weighted by molar-refractivity contribution is -0.137. The summed E-state index contributed by atoms with van der Waals surface area (Å²) in [6, 6.07) is 6.10. The number of ether oxygens (including phenoxy) is 1.